The van der Waals surface area contributed by atoms with Crippen molar-refractivity contribution in [1.29, 1.82) is 0 Å². The zero-order chi connectivity index (χ0) is 37.0. The van der Waals surface area contributed by atoms with Gasteiger partial charge in [-0.05, 0) is 80.3 Å². The maximum absolute atomic E-state index is 7.49. The minimum Gasteiger partial charge on any atom is -0.456 e. The van der Waals surface area contributed by atoms with Crippen LogP contribution in [0.5, 0.6) is 0 Å². The van der Waals surface area contributed by atoms with Gasteiger partial charge in [-0.2, -0.15) is 0 Å². The third kappa shape index (κ3) is 5.77. The van der Waals surface area contributed by atoms with E-state index in [1.165, 1.54) is 31.2 Å². The molecule has 0 saturated heterocycles. The van der Waals surface area contributed by atoms with E-state index in [2.05, 4.69) is 183 Å². The van der Waals surface area contributed by atoms with Crippen LogP contribution >= 0.6 is 34.5 Å². The lowest BCUT2D eigenvalue weighted by Crippen LogP contribution is -2.74. The minimum absolute atomic E-state index is 0.0278. The summed E-state index contributed by atoms with van der Waals surface area (Å²) < 4.78 is 7.51. The molecule has 0 amide bonds. The van der Waals surface area contributed by atoms with Crippen molar-refractivity contribution >= 4 is 112 Å². The predicted molar refractivity (Wildman–Crippen MR) is 236 cm³/mol. The maximum atomic E-state index is 7.49. The number of anilines is 3. The summed E-state index contributed by atoms with van der Waals surface area (Å²) in [6.07, 6.45) is 0. The van der Waals surface area contributed by atoms with Gasteiger partial charge in [0.15, 0.2) is 8.07 Å². The molecule has 0 aliphatic heterocycles. The zero-order valence-electron chi connectivity index (χ0n) is 30.2. The number of benzene rings is 7. The maximum Gasteiger partial charge on any atom is 0.179 e. The Morgan fingerprint density at radius 3 is 1.76 bits per heavy atom. The van der Waals surface area contributed by atoms with Crippen LogP contribution < -0.4 is 25.6 Å². The Balaban J connectivity index is 1.38. The predicted octanol–water partition coefficient (Wildman–Crippen LogP) is 12.3. The second kappa shape index (κ2) is 13.6. The van der Waals surface area contributed by atoms with Crippen molar-refractivity contribution in [3.05, 3.63) is 185 Å². The van der Waals surface area contributed by atoms with Gasteiger partial charge in [-0.15, -0.1) is 11.3 Å². The van der Waals surface area contributed by atoms with Crippen LogP contribution in [0.25, 0.3) is 32.0 Å². The number of hydrogen-bond acceptors (Lipinski definition) is 3. The number of hydrogen-bond donors (Lipinski definition) is 0. The first-order valence-electron chi connectivity index (χ1n) is 18.1. The second-order valence-corrected chi connectivity index (χ2v) is 20.3. The summed E-state index contributed by atoms with van der Waals surface area (Å²) in [6, 6.07) is 58.6. The van der Waals surface area contributed by atoms with E-state index in [0.29, 0.717) is 10.0 Å². The summed E-state index contributed by atoms with van der Waals surface area (Å²) in [5.74, 6) is 0. The summed E-state index contributed by atoms with van der Waals surface area (Å²) in [5, 5.41) is 11.5. The lowest BCUT2D eigenvalue weighted by atomic mass is 9.86. The van der Waals surface area contributed by atoms with E-state index in [-0.39, 0.29) is 5.41 Å². The first-order chi connectivity index (χ1) is 26.2. The van der Waals surface area contributed by atoms with Gasteiger partial charge in [0, 0.05) is 31.9 Å². The Morgan fingerprint density at radius 2 is 1.13 bits per heavy atom. The lowest BCUT2D eigenvalue weighted by Gasteiger charge is -2.36. The van der Waals surface area contributed by atoms with Crippen LogP contribution in [0.4, 0.5) is 17.1 Å². The highest BCUT2D eigenvalue weighted by molar-refractivity contribution is 7.20. The van der Waals surface area contributed by atoms with Crippen molar-refractivity contribution in [1.82, 2.24) is 0 Å². The van der Waals surface area contributed by atoms with E-state index in [0.717, 1.165) is 44.2 Å². The van der Waals surface area contributed by atoms with Crippen LogP contribution in [0.15, 0.2) is 174 Å². The minimum atomic E-state index is -2.96. The van der Waals surface area contributed by atoms with Crippen molar-refractivity contribution < 1.29 is 4.42 Å². The van der Waals surface area contributed by atoms with Crippen LogP contribution in [0.1, 0.15) is 26.3 Å². The molecule has 0 bridgehead atoms. The van der Waals surface area contributed by atoms with Crippen molar-refractivity contribution in [3.63, 3.8) is 0 Å². The molecule has 9 aromatic rings. The number of furan rings is 1. The monoisotopic (exact) mass is 773 g/mol. The highest BCUT2D eigenvalue weighted by atomic mass is 35.5. The van der Waals surface area contributed by atoms with E-state index >= 15 is 0 Å². The quantitative estimate of drug-likeness (QED) is 0.118. The number of fused-ring (bicyclic) bond motifs is 4. The SMILES string of the molecule is CC(C)(C)c1ccc2scc(N(c3ccc4oc5ccccc5c4c3)c3cc([Si](c4ccccc4)(c4ccccc4)c4ccccc4)cc(Cl)c3Cl)c2c1. The largest absolute Gasteiger partial charge is 0.456 e. The van der Waals surface area contributed by atoms with Crippen molar-refractivity contribution in [2.24, 2.45) is 0 Å². The average molecular weight is 775 g/mol. The van der Waals surface area contributed by atoms with Gasteiger partial charge >= 0.3 is 0 Å². The van der Waals surface area contributed by atoms with E-state index in [1.54, 1.807) is 11.3 Å². The number of para-hydroxylation sites is 1. The molecule has 0 unspecified atom stereocenters. The van der Waals surface area contributed by atoms with Gasteiger partial charge in [0.2, 0.25) is 0 Å². The van der Waals surface area contributed by atoms with Gasteiger partial charge in [-0.1, -0.05) is 159 Å². The molecule has 0 N–H and O–H groups in total. The van der Waals surface area contributed by atoms with Gasteiger partial charge in [-0.3, -0.25) is 0 Å². The Labute approximate surface area is 330 Å². The molecule has 6 heteroatoms. The van der Waals surface area contributed by atoms with Gasteiger partial charge < -0.3 is 9.32 Å². The summed E-state index contributed by atoms with van der Waals surface area (Å²) >= 11 is 16.6. The summed E-state index contributed by atoms with van der Waals surface area (Å²) in [7, 11) is -2.96. The van der Waals surface area contributed by atoms with Crippen LogP contribution in [0.2, 0.25) is 10.0 Å². The normalized spacial score (nSPS) is 12.2. The lowest BCUT2D eigenvalue weighted by molar-refractivity contribution is 0.591. The Kier molecular flexibility index (Phi) is 8.75. The Bertz CT molecular complexity index is 2690. The van der Waals surface area contributed by atoms with Crippen LogP contribution in [-0.2, 0) is 5.41 Å². The first kappa shape index (κ1) is 34.7. The van der Waals surface area contributed by atoms with Gasteiger partial charge in [0.25, 0.3) is 0 Å². The molecule has 0 spiro atoms. The summed E-state index contributed by atoms with van der Waals surface area (Å²) in [5.41, 5.74) is 5.79. The smallest absolute Gasteiger partial charge is 0.179 e. The molecular weight excluding hydrogens is 738 g/mol. The van der Waals surface area contributed by atoms with Crippen molar-refractivity contribution in [2.75, 3.05) is 4.90 Å². The summed E-state index contributed by atoms with van der Waals surface area (Å²) in [4.78, 5) is 2.31. The van der Waals surface area contributed by atoms with E-state index in [9.17, 15) is 0 Å². The molecule has 2 aromatic heterocycles. The third-order valence-corrected chi connectivity index (χ3v) is 17.1. The fourth-order valence-corrected chi connectivity index (χ4v) is 14.1. The average Bonchev–Trinajstić information content (AvgIpc) is 3.79. The van der Waals surface area contributed by atoms with Gasteiger partial charge in [0.1, 0.15) is 11.2 Å². The Hall–Kier alpha value is -5.10. The van der Waals surface area contributed by atoms with Crippen LogP contribution in [0, 0.1) is 0 Å². The molecule has 0 radical (unpaired) electrons. The Morgan fingerprint density at radius 1 is 0.537 bits per heavy atom. The van der Waals surface area contributed by atoms with Crippen LogP contribution in [-0.4, -0.2) is 8.07 Å². The molecule has 9 rings (SSSR count). The van der Waals surface area contributed by atoms with E-state index < -0.39 is 8.07 Å². The molecule has 2 nitrogen and oxygen atoms in total. The highest BCUT2D eigenvalue weighted by Gasteiger charge is 2.42. The molecule has 7 aromatic carbocycles. The number of halogens is 2. The van der Waals surface area contributed by atoms with Gasteiger partial charge in [0.05, 0.1) is 21.4 Å². The molecular formula is C48H37Cl2NOSSi. The first-order valence-corrected chi connectivity index (χ1v) is 21.8. The van der Waals surface area contributed by atoms with Crippen molar-refractivity contribution in [3.8, 4) is 0 Å². The summed E-state index contributed by atoms with van der Waals surface area (Å²) in [6.45, 7) is 6.78. The van der Waals surface area contributed by atoms with E-state index in [1.807, 2.05) is 12.1 Å². The molecule has 0 aliphatic carbocycles. The molecule has 0 aliphatic rings. The molecule has 0 fully saturated rings. The number of thiophene rings is 1. The number of nitrogens with zero attached hydrogens (tertiary/aromatic N) is 1. The van der Waals surface area contributed by atoms with Gasteiger partial charge in [-0.25, -0.2) is 0 Å². The highest BCUT2D eigenvalue weighted by Crippen LogP contribution is 2.47. The van der Waals surface area contributed by atoms with Crippen molar-refractivity contribution in [2.45, 2.75) is 26.2 Å². The topological polar surface area (TPSA) is 16.4 Å². The third-order valence-electron chi connectivity index (χ3n) is 10.6. The zero-order valence-corrected chi connectivity index (χ0v) is 33.5. The standard InChI is InChI=1S/C48H37Cl2NOSSi/c1-48(2,3)32-23-26-46-40(27-32)43(31-53-46)51(33-24-25-45-39(28-33)38-21-13-14-22-44(38)52-45)42-30-37(29-41(49)47(42)50)54(34-15-7-4-8-16-34,35-17-9-5-10-18-35)36-19-11-6-12-20-36/h4-31H,1-3H3. The fraction of sp³-hybridized carbons (Fsp3) is 0.0833. The molecule has 264 valence electrons. The number of rotatable bonds is 7. The molecule has 0 saturated carbocycles. The molecule has 54 heavy (non-hydrogen) atoms. The fourth-order valence-electron chi connectivity index (χ4n) is 7.93. The second-order valence-electron chi connectivity index (χ2n) is 14.8. The van der Waals surface area contributed by atoms with Crippen LogP contribution in [0.3, 0.4) is 0 Å². The van der Waals surface area contributed by atoms with E-state index in [4.69, 9.17) is 27.6 Å². The molecule has 0 atom stereocenters. The molecule has 2 heterocycles.